The lowest BCUT2D eigenvalue weighted by molar-refractivity contribution is -0.131. The van der Waals surface area contributed by atoms with Crippen molar-refractivity contribution in [3.05, 3.63) is 18.7 Å². The molecule has 0 saturated heterocycles. The van der Waals surface area contributed by atoms with Crippen LogP contribution in [-0.2, 0) is 9.53 Å². The first-order valence-corrected chi connectivity index (χ1v) is 6.86. The normalized spacial score (nSPS) is 23.5. The summed E-state index contributed by atoms with van der Waals surface area (Å²) in [7, 11) is 0. The van der Waals surface area contributed by atoms with Crippen molar-refractivity contribution < 1.29 is 9.53 Å². The molecule has 19 heavy (non-hydrogen) atoms. The van der Waals surface area contributed by atoms with Gasteiger partial charge in [-0.2, -0.15) is 0 Å². The highest BCUT2D eigenvalue weighted by Gasteiger charge is 2.29. The molecular weight excluding hydrogens is 242 g/mol. The molecule has 0 spiro atoms. The topological polar surface area (TPSA) is 56.1 Å². The molecule has 5 nitrogen and oxygen atoms in total. The smallest absolute Gasteiger partial charge is 0.246 e. The Balaban J connectivity index is 1.86. The molecule has 0 bridgehead atoms. The SMILES string of the molecule is CC(C)(C)OCC(=O)NC1CCCC1n1ccnc1. The minimum Gasteiger partial charge on any atom is -0.366 e. The van der Waals surface area contributed by atoms with E-state index in [4.69, 9.17) is 4.74 Å². The van der Waals surface area contributed by atoms with Crippen molar-refractivity contribution in [2.75, 3.05) is 6.61 Å². The maximum absolute atomic E-state index is 11.9. The summed E-state index contributed by atoms with van der Waals surface area (Å²) in [6.45, 7) is 5.97. The van der Waals surface area contributed by atoms with Crippen LogP contribution in [0.4, 0.5) is 0 Å². The summed E-state index contributed by atoms with van der Waals surface area (Å²) < 4.78 is 7.58. The van der Waals surface area contributed by atoms with E-state index in [-0.39, 0.29) is 24.2 Å². The summed E-state index contributed by atoms with van der Waals surface area (Å²) >= 11 is 0. The molecule has 1 aliphatic carbocycles. The first-order chi connectivity index (χ1) is 8.96. The molecule has 1 aliphatic rings. The molecule has 1 N–H and O–H groups in total. The molecule has 1 amide bonds. The van der Waals surface area contributed by atoms with Gasteiger partial charge in [0.1, 0.15) is 6.61 Å². The van der Waals surface area contributed by atoms with E-state index < -0.39 is 0 Å². The molecule has 0 aliphatic heterocycles. The molecule has 0 radical (unpaired) electrons. The summed E-state index contributed by atoms with van der Waals surface area (Å²) in [6.07, 6.45) is 8.79. The number of nitrogens with one attached hydrogen (secondary N) is 1. The quantitative estimate of drug-likeness (QED) is 0.904. The molecule has 5 heteroatoms. The average molecular weight is 265 g/mol. The summed E-state index contributed by atoms with van der Waals surface area (Å²) in [4.78, 5) is 16.0. The Hall–Kier alpha value is -1.36. The van der Waals surface area contributed by atoms with Gasteiger partial charge < -0.3 is 14.6 Å². The van der Waals surface area contributed by atoms with Gasteiger partial charge in [0.25, 0.3) is 0 Å². The first-order valence-electron chi connectivity index (χ1n) is 6.86. The standard InChI is InChI=1S/C14H23N3O2/c1-14(2,3)19-9-13(18)16-11-5-4-6-12(11)17-8-7-15-10-17/h7-8,10-12H,4-6,9H2,1-3H3,(H,16,18). The van der Waals surface area contributed by atoms with Crippen LogP contribution in [0.1, 0.15) is 46.1 Å². The van der Waals surface area contributed by atoms with Gasteiger partial charge in [0.2, 0.25) is 5.91 Å². The summed E-state index contributed by atoms with van der Waals surface area (Å²) in [5.74, 6) is -0.0352. The predicted octanol–water partition coefficient (Wildman–Crippen LogP) is 1.91. The zero-order chi connectivity index (χ0) is 13.9. The van der Waals surface area contributed by atoms with Crippen molar-refractivity contribution in [2.24, 2.45) is 0 Å². The van der Waals surface area contributed by atoms with Crippen LogP contribution in [0.3, 0.4) is 0 Å². The zero-order valence-corrected chi connectivity index (χ0v) is 11.9. The Morgan fingerprint density at radius 2 is 2.26 bits per heavy atom. The second-order valence-corrected chi connectivity index (χ2v) is 6.08. The fourth-order valence-corrected chi connectivity index (χ4v) is 2.46. The van der Waals surface area contributed by atoms with Gasteiger partial charge in [-0.3, -0.25) is 4.79 Å². The van der Waals surface area contributed by atoms with Crippen LogP contribution >= 0.6 is 0 Å². The number of aromatic nitrogens is 2. The van der Waals surface area contributed by atoms with Crippen LogP contribution < -0.4 is 5.32 Å². The van der Waals surface area contributed by atoms with Crippen molar-refractivity contribution in [3.63, 3.8) is 0 Å². The van der Waals surface area contributed by atoms with Gasteiger partial charge in [-0.25, -0.2) is 4.98 Å². The van der Waals surface area contributed by atoms with Gasteiger partial charge in [-0.05, 0) is 40.0 Å². The summed E-state index contributed by atoms with van der Waals surface area (Å²) in [6, 6.07) is 0.506. The number of carbonyl (C=O) groups is 1. The number of hydrogen-bond acceptors (Lipinski definition) is 3. The predicted molar refractivity (Wildman–Crippen MR) is 72.8 cm³/mol. The Kier molecular flexibility index (Phi) is 4.24. The summed E-state index contributed by atoms with van der Waals surface area (Å²) in [5, 5.41) is 3.08. The third-order valence-electron chi connectivity index (χ3n) is 3.37. The van der Waals surface area contributed by atoms with Crippen LogP contribution in [0.25, 0.3) is 0 Å². The fourth-order valence-electron chi connectivity index (χ4n) is 2.46. The molecule has 1 saturated carbocycles. The lowest BCUT2D eigenvalue weighted by atomic mass is 10.1. The van der Waals surface area contributed by atoms with Crippen molar-refractivity contribution in [1.82, 2.24) is 14.9 Å². The van der Waals surface area contributed by atoms with Gasteiger partial charge in [-0.15, -0.1) is 0 Å². The Labute approximate surface area is 114 Å². The van der Waals surface area contributed by atoms with Crippen LogP contribution in [0.15, 0.2) is 18.7 Å². The molecule has 2 rings (SSSR count). The lowest BCUT2D eigenvalue weighted by Gasteiger charge is -2.24. The third-order valence-corrected chi connectivity index (χ3v) is 3.37. The molecular formula is C14H23N3O2. The second kappa shape index (κ2) is 5.74. The zero-order valence-electron chi connectivity index (χ0n) is 11.9. The van der Waals surface area contributed by atoms with E-state index in [0.717, 1.165) is 19.3 Å². The number of nitrogens with zero attached hydrogens (tertiary/aromatic N) is 2. The molecule has 106 valence electrons. The van der Waals surface area contributed by atoms with E-state index >= 15 is 0 Å². The van der Waals surface area contributed by atoms with E-state index in [1.807, 2.05) is 33.3 Å². The number of imidazole rings is 1. The molecule has 2 atom stereocenters. The van der Waals surface area contributed by atoms with E-state index in [2.05, 4.69) is 14.9 Å². The van der Waals surface area contributed by atoms with E-state index in [1.54, 1.807) is 6.20 Å². The van der Waals surface area contributed by atoms with Crippen molar-refractivity contribution in [1.29, 1.82) is 0 Å². The van der Waals surface area contributed by atoms with Crippen LogP contribution in [-0.4, -0.2) is 33.7 Å². The number of carbonyl (C=O) groups excluding carboxylic acids is 1. The highest BCUT2D eigenvalue weighted by molar-refractivity contribution is 5.77. The van der Waals surface area contributed by atoms with Gasteiger partial charge >= 0.3 is 0 Å². The van der Waals surface area contributed by atoms with Gasteiger partial charge in [0.05, 0.1) is 18.0 Å². The highest BCUT2D eigenvalue weighted by atomic mass is 16.5. The minimum absolute atomic E-state index is 0.0352. The molecule has 2 unspecified atom stereocenters. The Bertz CT molecular complexity index is 409. The van der Waals surface area contributed by atoms with Crippen LogP contribution in [0.5, 0.6) is 0 Å². The van der Waals surface area contributed by atoms with Crippen LogP contribution in [0, 0.1) is 0 Å². The fraction of sp³-hybridized carbons (Fsp3) is 0.714. The van der Waals surface area contributed by atoms with Crippen LogP contribution in [0.2, 0.25) is 0 Å². The molecule has 1 heterocycles. The number of rotatable bonds is 4. The van der Waals surface area contributed by atoms with Crippen molar-refractivity contribution >= 4 is 5.91 Å². The molecule has 1 fully saturated rings. The first kappa shape index (κ1) is 14.1. The lowest BCUT2D eigenvalue weighted by Crippen LogP contribution is -2.41. The second-order valence-electron chi connectivity index (χ2n) is 6.08. The van der Waals surface area contributed by atoms with E-state index in [1.165, 1.54) is 0 Å². The van der Waals surface area contributed by atoms with Crippen molar-refractivity contribution in [2.45, 2.75) is 57.7 Å². The largest absolute Gasteiger partial charge is 0.366 e. The maximum atomic E-state index is 11.9. The monoisotopic (exact) mass is 265 g/mol. The Morgan fingerprint density at radius 3 is 2.89 bits per heavy atom. The summed E-state index contributed by atoms with van der Waals surface area (Å²) in [5.41, 5.74) is -0.281. The Morgan fingerprint density at radius 1 is 1.47 bits per heavy atom. The highest BCUT2D eigenvalue weighted by Crippen LogP contribution is 2.29. The molecule has 0 aromatic carbocycles. The van der Waals surface area contributed by atoms with Crippen molar-refractivity contribution in [3.8, 4) is 0 Å². The minimum atomic E-state index is -0.281. The number of ether oxygens (including phenoxy) is 1. The van der Waals surface area contributed by atoms with Gasteiger partial charge in [0, 0.05) is 18.4 Å². The van der Waals surface area contributed by atoms with Gasteiger partial charge in [-0.1, -0.05) is 0 Å². The maximum Gasteiger partial charge on any atom is 0.246 e. The average Bonchev–Trinajstić information content (AvgIpc) is 2.94. The van der Waals surface area contributed by atoms with Gasteiger partial charge in [0.15, 0.2) is 0 Å². The number of hydrogen-bond donors (Lipinski definition) is 1. The van der Waals surface area contributed by atoms with E-state index in [9.17, 15) is 4.79 Å². The third kappa shape index (κ3) is 4.06. The number of amides is 1. The molecule has 1 aromatic heterocycles. The molecule has 1 aromatic rings. The van der Waals surface area contributed by atoms with E-state index in [0.29, 0.717) is 6.04 Å².